The van der Waals surface area contributed by atoms with E-state index in [1.807, 2.05) is 13.8 Å². The summed E-state index contributed by atoms with van der Waals surface area (Å²) in [4.78, 5) is 4.52. The molecule has 0 spiro atoms. The molecular weight excluding hydrogens is 321 g/mol. The Bertz CT molecular complexity index is 731. The van der Waals surface area contributed by atoms with Gasteiger partial charge in [0, 0.05) is 12.1 Å². The second-order valence-electron chi connectivity index (χ2n) is 7.24. The molecule has 1 unspecified atom stereocenters. The summed E-state index contributed by atoms with van der Waals surface area (Å²) in [5.74, 6) is 1.92. The number of hydrogen-bond acceptors (Lipinski definition) is 5. The molecule has 4 rings (SSSR count). The van der Waals surface area contributed by atoms with Crippen molar-refractivity contribution >= 4 is 5.95 Å². The van der Waals surface area contributed by atoms with Crippen LogP contribution in [-0.2, 0) is 0 Å². The fourth-order valence-electron chi connectivity index (χ4n) is 3.88. The molecule has 0 amide bonds. The Morgan fingerprint density at radius 2 is 2.04 bits per heavy atom. The van der Waals surface area contributed by atoms with Crippen LogP contribution in [0.2, 0.25) is 0 Å². The first-order valence-electron chi connectivity index (χ1n) is 8.97. The topological polar surface area (TPSA) is 64.0 Å². The Morgan fingerprint density at radius 3 is 2.72 bits per heavy atom. The van der Waals surface area contributed by atoms with E-state index in [1.165, 1.54) is 25.0 Å². The largest absolute Gasteiger partial charge is 0.424 e. The molecule has 25 heavy (non-hydrogen) atoms. The summed E-state index contributed by atoms with van der Waals surface area (Å²) < 4.78 is 20.9. The second kappa shape index (κ2) is 6.63. The van der Waals surface area contributed by atoms with Gasteiger partial charge in [-0.25, -0.2) is 9.07 Å². The first kappa shape index (κ1) is 16.3. The van der Waals surface area contributed by atoms with Crippen LogP contribution < -0.4 is 15.4 Å². The first-order chi connectivity index (χ1) is 12.1. The Morgan fingerprint density at radius 1 is 1.28 bits per heavy atom. The number of hydrogen-bond donors (Lipinski definition) is 2. The molecule has 2 aromatic rings. The van der Waals surface area contributed by atoms with Gasteiger partial charge in [0.1, 0.15) is 11.6 Å². The summed E-state index contributed by atoms with van der Waals surface area (Å²) in [6, 6.07) is 6.95. The molecule has 2 fully saturated rings. The highest BCUT2D eigenvalue weighted by Gasteiger charge is 2.39. The van der Waals surface area contributed by atoms with Gasteiger partial charge >= 0.3 is 6.01 Å². The van der Waals surface area contributed by atoms with E-state index < -0.39 is 0 Å². The quantitative estimate of drug-likeness (QED) is 0.871. The van der Waals surface area contributed by atoms with Crippen LogP contribution in [0.25, 0.3) is 0 Å². The Kier molecular flexibility index (Phi) is 4.33. The van der Waals surface area contributed by atoms with E-state index in [1.54, 1.807) is 16.8 Å². The molecule has 1 aliphatic carbocycles. The van der Waals surface area contributed by atoms with Crippen LogP contribution in [0.1, 0.15) is 32.7 Å². The number of aromatic nitrogens is 3. The summed E-state index contributed by atoms with van der Waals surface area (Å²) in [6.45, 7) is 6.13. The number of nitrogens with one attached hydrogen (secondary N) is 2. The maximum absolute atomic E-state index is 13.4. The van der Waals surface area contributed by atoms with Crippen molar-refractivity contribution in [1.29, 1.82) is 0 Å². The monoisotopic (exact) mass is 345 g/mol. The summed E-state index contributed by atoms with van der Waals surface area (Å²) in [5, 5.41) is 11.6. The zero-order valence-corrected chi connectivity index (χ0v) is 14.6. The molecule has 2 N–H and O–H groups in total. The molecule has 2 heterocycles. The standard InChI is InChI=1S/C18H24FN5O/c1-11(2)24-18(25-15-5-3-4-14(19)8-15)22-17(23-24)21-16-12-6-7-13(16)10-20-9-12/h3-5,8,11-13,16,20H,6-7,9-10H2,1-2H3,(H,21,23)/t12-,13+,16?. The van der Waals surface area contributed by atoms with Gasteiger partial charge in [0.05, 0.1) is 6.04 Å². The number of halogens is 1. The van der Waals surface area contributed by atoms with Gasteiger partial charge in [0.2, 0.25) is 5.95 Å². The molecule has 6 nitrogen and oxygen atoms in total. The highest BCUT2D eigenvalue weighted by molar-refractivity contribution is 5.32. The molecule has 3 atom stereocenters. The van der Waals surface area contributed by atoms with Crippen LogP contribution in [0.15, 0.2) is 24.3 Å². The summed E-state index contributed by atoms with van der Waals surface area (Å²) >= 11 is 0. The summed E-state index contributed by atoms with van der Waals surface area (Å²) in [6.07, 6.45) is 2.49. The van der Waals surface area contributed by atoms with E-state index in [4.69, 9.17) is 4.74 Å². The van der Waals surface area contributed by atoms with Crippen molar-refractivity contribution in [2.24, 2.45) is 11.8 Å². The third kappa shape index (κ3) is 3.33. The van der Waals surface area contributed by atoms with Crippen molar-refractivity contribution in [3.8, 4) is 11.8 Å². The average molecular weight is 345 g/mol. The van der Waals surface area contributed by atoms with E-state index in [0.717, 1.165) is 13.1 Å². The molecule has 1 saturated carbocycles. The van der Waals surface area contributed by atoms with Gasteiger partial charge in [-0.2, -0.15) is 4.98 Å². The van der Waals surface area contributed by atoms with E-state index in [-0.39, 0.29) is 11.9 Å². The average Bonchev–Trinajstić information content (AvgIpc) is 3.04. The minimum atomic E-state index is -0.335. The third-order valence-electron chi connectivity index (χ3n) is 5.13. The molecule has 0 radical (unpaired) electrons. The zero-order valence-electron chi connectivity index (χ0n) is 14.6. The van der Waals surface area contributed by atoms with Gasteiger partial charge in [-0.15, -0.1) is 5.10 Å². The first-order valence-corrected chi connectivity index (χ1v) is 8.97. The minimum Gasteiger partial charge on any atom is -0.424 e. The maximum Gasteiger partial charge on any atom is 0.322 e. The van der Waals surface area contributed by atoms with Gasteiger partial charge in [-0.05, 0) is 63.7 Å². The van der Waals surface area contributed by atoms with E-state index in [2.05, 4.69) is 20.7 Å². The molecule has 1 aromatic heterocycles. The van der Waals surface area contributed by atoms with Crippen molar-refractivity contribution < 1.29 is 9.13 Å². The fourth-order valence-corrected chi connectivity index (χ4v) is 3.88. The predicted octanol–water partition coefficient (Wildman–Crippen LogP) is 3.20. The number of anilines is 1. The lowest BCUT2D eigenvalue weighted by atomic mass is 9.94. The normalized spacial score (nSPS) is 25.4. The molecule has 134 valence electrons. The van der Waals surface area contributed by atoms with Crippen LogP contribution in [0, 0.1) is 17.7 Å². The zero-order chi connectivity index (χ0) is 17.4. The fraction of sp³-hybridized carbons (Fsp3) is 0.556. The van der Waals surface area contributed by atoms with Crippen LogP contribution in [0.5, 0.6) is 11.8 Å². The smallest absolute Gasteiger partial charge is 0.322 e. The van der Waals surface area contributed by atoms with Crippen LogP contribution in [0.4, 0.5) is 10.3 Å². The molecule has 2 bridgehead atoms. The minimum absolute atomic E-state index is 0.0938. The summed E-state index contributed by atoms with van der Waals surface area (Å²) in [7, 11) is 0. The van der Waals surface area contributed by atoms with Crippen molar-refractivity contribution in [1.82, 2.24) is 20.1 Å². The summed E-state index contributed by atoms with van der Waals surface area (Å²) in [5.41, 5.74) is 0. The molecule has 1 aliphatic heterocycles. The number of piperidine rings is 1. The highest BCUT2D eigenvalue weighted by atomic mass is 19.1. The van der Waals surface area contributed by atoms with Crippen molar-refractivity contribution in [3.63, 3.8) is 0 Å². The highest BCUT2D eigenvalue weighted by Crippen LogP contribution is 2.35. The van der Waals surface area contributed by atoms with E-state index in [9.17, 15) is 4.39 Å². The Hall–Kier alpha value is -2.15. The number of fused-ring (bicyclic) bond motifs is 2. The van der Waals surface area contributed by atoms with Crippen LogP contribution in [-0.4, -0.2) is 33.9 Å². The third-order valence-corrected chi connectivity index (χ3v) is 5.13. The number of ether oxygens (including phenoxy) is 1. The van der Waals surface area contributed by atoms with Crippen LogP contribution in [0.3, 0.4) is 0 Å². The number of nitrogens with zero attached hydrogens (tertiary/aromatic N) is 3. The molecule has 1 saturated heterocycles. The van der Waals surface area contributed by atoms with Gasteiger partial charge in [0.25, 0.3) is 0 Å². The molecule has 1 aromatic carbocycles. The number of benzene rings is 1. The van der Waals surface area contributed by atoms with Crippen molar-refractivity contribution in [3.05, 3.63) is 30.1 Å². The molecule has 7 heteroatoms. The Labute approximate surface area is 146 Å². The van der Waals surface area contributed by atoms with Gasteiger partial charge in [-0.3, -0.25) is 0 Å². The van der Waals surface area contributed by atoms with Gasteiger partial charge < -0.3 is 15.4 Å². The Balaban J connectivity index is 1.55. The van der Waals surface area contributed by atoms with E-state index >= 15 is 0 Å². The SMILES string of the molecule is CC(C)n1nc(NC2[C@@H]3CC[C@H]2CNC3)nc1Oc1cccc(F)c1. The molecule has 2 aliphatic rings. The van der Waals surface area contributed by atoms with Crippen molar-refractivity contribution in [2.45, 2.75) is 38.8 Å². The predicted molar refractivity (Wildman–Crippen MR) is 93.4 cm³/mol. The second-order valence-corrected chi connectivity index (χ2v) is 7.24. The van der Waals surface area contributed by atoms with E-state index in [0.29, 0.717) is 35.6 Å². The maximum atomic E-state index is 13.4. The van der Waals surface area contributed by atoms with Crippen LogP contribution >= 0.6 is 0 Å². The van der Waals surface area contributed by atoms with Gasteiger partial charge in [0.15, 0.2) is 0 Å². The van der Waals surface area contributed by atoms with Crippen molar-refractivity contribution in [2.75, 3.05) is 18.4 Å². The number of rotatable bonds is 5. The molecular formula is C18H24FN5O. The lowest BCUT2D eigenvalue weighted by Gasteiger charge is -2.30. The lowest BCUT2D eigenvalue weighted by molar-refractivity contribution is 0.341. The lowest BCUT2D eigenvalue weighted by Crippen LogP contribution is -2.45. The van der Waals surface area contributed by atoms with Gasteiger partial charge in [-0.1, -0.05) is 6.07 Å².